The van der Waals surface area contributed by atoms with Crippen molar-refractivity contribution in [3.8, 4) is 0 Å². The second kappa shape index (κ2) is 13.8. The Morgan fingerprint density at radius 1 is 1.10 bits per heavy atom. The molecular weight excluding hydrogens is 528 g/mol. The molecule has 1 amide bonds. The molecule has 13 nitrogen and oxygen atoms in total. The van der Waals surface area contributed by atoms with Crippen LogP contribution in [0.1, 0.15) is 59.8 Å². The first-order chi connectivity index (χ1) is 19.7. The maximum absolute atomic E-state index is 11.8. The zero-order valence-corrected chi connectivity index (χ0v) is 24.1. The summed E-state index contributed by atoms with van der Waals surface area (Å²) in [5, 5.41) is 10.3. The van der Waals surface area contributed by atoms with E-state index >= 15 is 0 Å². The monoisotopic (exact) mass is 566 g/mol. The number of aromatic nitrogens is 6. The number of alkyl carbamates (subject to hydrolysis) is 1. The fourth-order valence-corrected chi connectivity index (χ4v) is 4.09. The molecule has 3 aromatic heterocycles. The van der Waals surface area contributed by atoms with Crippen molar-refractivity contribution in [1.29, 1.82) is 0 Å². The quantitative estimate of drug-likeness (QED) is 0.223. The number of carbonyl (C=O) groups is 2. The molecular formula is C28H38N8O5. The van der Waals surface area contributed by atoms with Gasteiger partial charge in [0.25, 0.3) is 0 Å². The maximum atomic E-state index is 11.8. The van der Waals surface area contributed by atoms with Crippen molar-refractivity contribution in [2.45, 2.75) is 71.9 Å². The van der Waals surface area contributed by atoms with Crippen LogP contribution >= 0.6 is 0 Å². The first-order valence-corrected chi connectivity index (χ1v) is 13.8. The summed E-state index contributed by atoms with van der Waals surface area (Å²) in [5.41, 5.74) is 2.66. The highest BCUT2D eigenvalue weighted by Gasteiger charge is 2.16. The summed E-state index contributed by atoms with van der Waals surface area (Å²) in [6, 6.07) is 0. The number of ether oxygens (including phenoxy) is 3. The van der Waals surface area contributed by atoms with Gasteiger partial charge >= 0.3 is 12.1 Å². The van der Waals surface area contributed by atoms with Crippen LogP contribution in [0.25, 0.3) is 16.9 Å². The summed E-state index contributed by atoms with van der Waals surface area (Å²) in [6.07, 6.45) is 13.7. The first kappa shape index (κ1) is 29.6. The van der Waals surface area contributed by atoms with Gasteiger partial charge in [-0.05, 0) is 59.1 Å². The highest BCUT2D eigenvalue weighted by molar-refractivity contribution is 5.76. The standard InChI is InChI=1S/C28H38N8O5/c1-5-39-24(37)8-6-15-40-22-11-9-21(10-12-22)36-19-31-23-17-30-26(34-25(23)36)33-20-16-32-35(18-20)14-7-13-29-27(38)41-28(2,3)4/h9,11,16-19H,5-8,10,12-15H2,1-4H3,(H,29,38)(H,30,33,34). The third-order valence-corrected chi connectivity index (χ3v) is 5.93. The van der Waals surface area contributed by atoms with Gasteiger partial charge in [0.2, 0.25) is 5.95 Å². The lowest BCUT2D eigenvalue weighted by Crippen LogP contribution is -2.33. The van der Waals surface area contributed by atoms with E-state index in [-0.39, 0.29) is 5.97 Å². The van der Waals surface area contributed by atoms with Gasteiger partial charge in [-0.2, -0.15) is 10.1 Å². The molecule has 0 aliphatic heterocycles. The molecule has 3 heterocycles. The molecule has 0 spiro atoms. The molecule has 0 radical (unpaired) electrons. The normalized spacial score (nSPS) is 13.4. The predicted molar refractivity (Wildman–Crippen MR) is 153 cm³/mol. The molecule has 220 valence electrons. The number of nitrogens with one attached hydrogen (secondary N) is 2. The molecule has 41 heavy (non-hydrogen) atoms. The summed E-state index contributed by atoms with van der Waals surface area (Å²) in [6.45, 7) is 9.27. The minimum absolute atomic E-state index is 0.197. The number of allylic oxidation sites excluding steroid dienone is 4. The predicted octanol–water partition coefficient (Wildman–Crippen LogP) is 4.56. The topological polar surface area (TPSA) is 147 Å². The van der Waals surface area contributed by atoms with Gasteiger partial charge in [-0.25, -0.2) is 14.8 Å². The van der Waals surface area contributed by atoms with Crippen molar-refractivity contribution in [2.24, 2.45) is 0 Å². The van der Waals surface area contributed by atoms with E-state index in [0.717, 1.165) is 30.0 Å². The SMILES string of the molecule is CCOC(=O)CCCOC1=CC=C(n2cnc3cnc(Nc4cnn(CCCNC(=O)OC(C)(C)C)c4)nc32)CC1. The van der Waals surface area contributed by atoms with Crippen LogP contribution in [0.2, 0.25) is 0 Å². The lowest BCUT2D eigenvalue weighted by molar-refractivity contribution is -0.143. The second-order valence-corrected chi connectivity index (χ2v) is 10.5. The van der Waals surface area contributed by atoms with Crippen molar-refractivity contribution >= 4 is 40.6 Å². The Hall–Kier alpha value is -4.42. The molecule has 4 rings (SSSR count). The zero-order chi connectivity index (χ0) is 29.2. The summed E-state index contributed by atoms with van der Waals surface area (Å²) in [4.78, 5) is 36.8. The van der Waals surface area contributed by atoms with E-state index in [0.29, 0.717) is 62.7 Å². The Morgan fingerprint density at radius 3 is 2.71 bits per heavy atom. The molecule has 2 N–H and O–H groups in total. The van der Waals surface area contributed by atoms with Crippen molar-refractivity contribution in [1.82, 2.24) is 34.6 Å². The van der Waals surface area contributed by atoms with Gasteiger partial charge in [0, 0.05) is 37.8 Å². The van der Waals surface area contributed by atoms with E-state index in [1.165, 1.54) is 0 Å². The van der Waals surface area contributed by atoms with Gasteiger partial charge in [0.1, 0.15) is 17.4 Å². The molecule has 0 bridgehead atoms. The minimum Gasteiger partial charge on any atom is -0.498 e. The largest absolute Gasteiger partial charge is 0.498 e. The number of carbonyl (C=O) groups excluding carboxylic acids is 2. The molecule has 0 aromatic carbocycles. The van der Waals surface area contributed by atoms with Gasteiger partial charge in [-0.3, -0.25) is 14.0 Å². The average Bonchev–Trinajstić information content (AvgIpc) is 3.55. The second-order valence-electron chi connectivity index (χ2n) is 10.5. The number of aryl methyl sites for hydroxylation is 1. The van der Waals surface area contributed by atoms with Crippen LogP contribution in [0.5, 0.6) is 0 Å². The molecule has 13 heteroatoms. The van der Waals surface area contributed by atoms with Gasteiger partial charge in [-0.15, -0.1) is 0 Å². The number of hydrogen-bond acceptors (Lipinski definition) is 10. The van der Waals surface area contributed by atoms with E-state index in [9.17, 15) is 9.59 Å². The molecule has 0 atom stereocenters. The number of anilines is 2. The van der Waals surface area contributed by atoms with Crippen molar-refractivity contribution in [2.75, 3.05) is 25.1 Å². The third kappa shape index (κ3) is 9.05. The molecule has 0 saturated carbocycles. The average molecular weight is 567 g/mol. The van der Waals surface area contributed by atoms with E-state index in [2.05, 4.69) is 25.7 Å². The zero-order valence-electron chi connectivity index (χ0n) is 24.1. The number of imidazole rings is 1. The van der Waals surface area contributed by atoms with E-state index in [1.54, 1.807) is 30.3 Å². The highest BCUT2D eigenvalue weighted by atomic mass is 16.6. The van der Waals surface area contributed by atoms with Crippen molar-refractivity contribution < 1.29 is 23.8 Å². The van der Waals surface area contributed by atoms with Crippen LogP contribution in [-0.2, 0) is 25.5 Å². The number of rotatable bonds is 13. The molecule has 1 aliphatic rings. The van der Waals surface area contributed by atoms with Crippen molar-refractivity contribution in [3.63, 3.8) is 0 Å². The molecule has 0 fully saturated rings. The maximum Gasteiger partial charge on any atom is 0.407 e. The number of amides is 1. The molecule has 0 saturated heterocycles. The van der Waals surface area contributed by atoms with Gasteiger partial charge in [0.15, 0.2) is 5.65 Å². The molecule has 3 aromatic rings. The van der Waals surface area contributed by atoms with Crippen LogP contribution in [0.4, 0.5) is 16.4 Å². The van der Waals surface area contributed by atoms with Gasteiger partial charge in [0.05, 0.1) is 37.1 Å². The lowest BCUT2D eigenvalue weighted by Gasteiger charge is -2.19. The summed E-state index contributed by atoms with van der Waals surface area (Å²) in [7, 11) is 0. The highest BCUT2D eigenvalue weighted by Crippen LogP contribution is 2.26. The Labute approximate surface area is 239 Å². The van der Waals surface area contributed by atoms with E-state index in [1.807, 2.05) is 43.7 Å². The fraction of sp³-hybridized carbons (Fsp3) is 0.500. The minimum atomic E-state index is -0.521. The van der Waals surface area contributed by atoms with Gasteiger partial charge in [-0.1, -0.05) is 0 Å². The first-order valence-electron chi connectivity index (χ1n) is 13.8. The Balaban J connectivity index is 1.29. The molecule has 1 aliphatic carbocycles. The van der Waals surface area contributed by atoms with Crippen LogP contribution in [-0.4, -0.2) is 66.7 Å². The third-order valence-electron chi connectivity index (χ3n) is 5.93. The lowest BCUT2D eigenvalue weighted by atomic mass is 10.1. The smallest absolute Gasteiger partial charge is 0.407 e. The Bertz CT molecular complexity index is 1400. The summed E-state index contributed by atoms with van der Waals surface area (Å²) < 4.78 is 19.8. The number of hydrogen-bond donors (Lipinski definition) is 2. The van der Waals surface area contributed by atoms with E-state index < -0.39 is 11.7 Å². The summed E-state index contributed by atoms with van der Waals surface area (Å²) in [5.74, 6) is 1.12. The van der Waals surface area contributed by atoms with Crippen LogP contribution in [0, 0.1) is 0 Å². The summed E-state index contributed by atoms with van der Waals surface area (Å²) >= 11 is 0. The van der Waals surface area contributed by atoms with Crippen LogP contribution < -0.4 is 10.6 Å². The van der Waals surface area contributed by atoms with Crippen molar-refractivity contribution in [3.05, 3.63) is 42.8 Å². The number of nitrogens with zero attached hydrogens (tertiary/aromatic N) is 6. The van der Waals surface area contributed by atoms with E-state index in [4.69, 9.17) is 19.2 Å². The fourth-order valence-electron chi connectivity index (χ4n) is 4.09. The number of esters is 1. The Morgan fingerprint density at radius 2 is 1.95 bits per heavy atom. The number of fused-ring (bicyclic) bond motifs is 1. The van der Waals surface area contributed by atoms with Crippen LogP contribution in [0.3, 0.4) is 0 Å². The Kier molecular flexibility index (Phi) is 9.93. The van der Waals surface area contributed by atoms with Crippen LogP contribution in [0.15, 0.2) is 42.8 Å². The molecule has 0 unspecified atom stereocenters. The van der Waals surface area contributed by atoms with Gasteiger partial charge < -0.3 is 24.8 Å².